The van der Waals surface area contributed by atoms with Crippen molar-refractivity contribution in [2.75, 3.05) is 16.8 Å². The van der Waals surface area contributed by atoms with E-state index < -0.39 is 0 Å². The zero-order valence-electron chi connectivity index (χ0n) is 15.6. The van der Waals surface area contributed by atoms with E-state index in [1.165, 1.54) is 27.9 Å². The van der Waals surface area contributed by atoms with Gasteiger partial charge < -0.3 is 9.80 Å². The molecule has 126 valence electrons. The summed E-state index contributed by atoms with van der Waals surface area (Å²) in [4.78, 5) is 4.45. The van der Waals surface area contributed by atoms with Gasteiger partial charge in [0.05, 0.1) is 22.5 Å². The van der Waals surface area contributed by atoms with Crippen LogP contribution in [0.25, 0.3) is 0 Å². The van der Waals surface area contributed by atoms with Crippen LogP contribution in [0.15, 0.2) is 18.2 Å². The molecule has 4 nitrogen and oxygen atoms in total. The Labute approximate surface area is 149 Å². The second-order valence-corrected chi connectivity index (χ2v) is 6.83. The monoisotopic (exact) mass is 330 g/mol. The Morgan fingerprint density at radius 3 is 1.80 bits per heavy atom. The number of hydrogen-bond acceptors (Lipinski definition) is 4. The zero-order valence-corrected chi connectivity index (χ0v) is 15.6. The first-order chi connectivity index (χ1) is 11.8. The predicted molar refractivity (Wildman–Crippen MR) is 101 cm³/mol. The highest BCUT2D eigenvalue weighted by molar-refractivity contribution is 5.88. The summed E-state index contributed by atoms with van der Waals surface area (Å²) in [5.41, 5.74) is 9.04. The number of aryl methyl sites for hydroxylation is 2. The maximum atomic E-state index is 9.43. The zero-order chi connectivity index (χ0) is 18.5. The number of rotatable bonds is 1. The SMILES string of the molecule is Cc1cc(C)c(C)c(N2c3cc(C#N)c(C#N)cc3N(C)[C@@H]2C)c1C. The Morgan fingerprint density at radius 2 is 1.32 bits per heavy atom. The minimum atomic E-state index is 0.106. The van der Waals surface area contributed by atoms with E-state index in [0.29, 0.717) is 11.1 Å². The van der Waals surface area contributed by atoms with Gasteiger partial charge in [-0.15, -0.1) is 0 Å². The van der Waals surface area contributed by atoms with Crippen LogP contribution in [-0.4, -0.2) is 13.2 Å². The molecule has 4 heteroatoms. The van der Waals surface area contributed by atoms with E-state index >= 15 is 0 Å². The second kappa shape index (κ2) is 5.83. The van der Waals surface area contributed by atoms with Gasteiger partial charge >= 0.3 is 0 Å². The number of nitrogens with zero attached hydrogens (tertiary/aromatic N) is 4. The molecule has 0 radical (unpaired) electrons. The Bertz CT molecular complexity index is 933. The summed E-state index contributed by atoms with van der Waals surface area (Å²) in [5, 5.41) is 18.8. The third-order valence-corrected chi connectivity index (χ3v) is 5.50. The Morgan fingerprint density at radius 1 is 0.840 bits per heavy atom. The second-order valence-electron chi connectivity index (χ2n) is 6.83. The van der Waals surface area contributed by atoms with Gasteiger partial charge in [-0.2, -0.15) is 10.5 Å². The molecule has 0 unspecified atom stereocenters. The molecular formula is C21H22N4. The summed E-state index contributed by atoms with van der Waals surface area (Å²) in [7, 11) is 2.03. The third kappa shape index (κ3) is 2.34. The van der Waals surface area contributed by atoms with Gasteiger partial charge in [0, 0.05) is 12.7 Å². The lowest BCUT2D eigenvalue weighted by molar-refractivity contribution is 0.730. The fraction of sp³-hybridized carbons (Fsp3) is 0.333. The van der Waals surface area contributed by atoms with E-state index in [4.69, 9.17) is 0 Å². The fourth-order valence-electron chi connectivity index (χ4n) is 3.68. The minimum absolute atomic E-state index is 0.106. The van der Waals surface area contributed by atoms with Gasteiger partial charge in [-0.05, 0) is 69.0 Å². The van der Waals surface area contributed by atoms with E-state index in [1.54, 1.807) is 0 Å². The Hall–Kier alpha value is -2.98. The highest BCUT2D eigenvalue weighted by Gasteiger charge is 2.34. The van der Waals surface area contributed by atoms with Crippen LogP contribution in [0.4, 0.5) is 17.1 Å². The summed E-state index contributed by atoms with van der Waals surface area (Å²) in [6.45, 7) is 10.7. The first-order valence-electron chi connectivity index (χ1n) is 8.39. The van der Waals surface area contributed by atoms with Crippen molar-refractivity contribution < 1.29 is 0 Å². The van der Waals surface area contributed by atoms with Crippen LogP contribution in [0.2, 0.25) is 0 Å². The van der Waals surface area contributed by atoms with Crippen LogP contribution in [0.1, 0.15) is 40.3 Å². The lowest BCUT2D eigenvalue weighted by atomic mass is 9.97. The van der Waals surface area contributed by atoms with Crippen LogP contribution in [0.3, 0.4) is 0 Å². The number of benzene rings is 2. The largest absolute Gasteiger partial charge is 0.352 e. The molecule has 0 saturated carbocycles. The fourth-order valence-corrected chi connectivity index (χ4v) is 3.68. The molecule has 1 atom stereocenters. The van der Waals surface area contributed by atoms with Crippen LogP contribution in [0, 0.1) is 50.4 Å². The van der Waals surface area contributed by atoms with Crippen molar-refractivity contribution in [1.82, 2.24) is 0 Å². The van der Waals surface area contributed by atoms with Crippen molar-refractivity contribution >= 4 is 17.1 Å². The first kappa shape index (κ1) is 16.9. The van der Waals surface area contributed by atoms with E-state index in [2.05, 4.69) is 62.6 Å². The number of fused-ring (bicyclic) bond motifs is 1. The maximum Gasteiger partial charge on any atom is 0.103 e. The van der Waals surface area contributed by atoms with Gasteiger partial charge in [-0.25, -0.2) is 0 Å². The van der Waals surface area contributed by atoms with Gasteiger partial charge in [-0.3, -0.25) is 0 Å². The molecule has 2 aromatic carbocycles. The summed E-state index contributed by atoms with van der Waals surface area (Å²) in [5.74, 6) is 0. The van der Waals surface area contributed by atoms with Crippen molar-refractivity contribution in [2.24, 2.45) is 0 Å². The topological polar surface area (TPSA) is 54.1 Å². The molecule has 0 aliphatic carbocycles. The molecule has 0 saturated heterocycles. The van der Waals surface area contributed by atoms with Crippen molar-refractivity contribution in [3.8, 4) is 12.1 Å². The molecule has 0 bridgehead atoms. The summed E-state index contributed by atoms with van der Waals surface area (Å²) in [6, 6.07) is 10.2. The van der Waals surface area contributed by atoms with Gasteiger partial charge in [0.25, 0.3) is 0 Å². The van der Waals surface area contributed by atoms with E-state index in [-0.39, 0.29) is 6.17 Å². The maximum absolute atomic E-state index is 9.43. The van der Waals surface area contributed by atoms with Gasteiger partial charge in [0.1, 0.15) is 18.3 Å². The summed E-state index contributed by atoms with van der Waals surface area (Å²) in [6.07, 6.45) is 0.106. The molecule has 0 N–H and O–H groups in total. The van der Waals surface area contributed by atoms with Crippen LogP contribution in [0.5, 0.6) is 0 Å². The number of hydrogen-bond donors (Lipinski definition) is 0. The summed E-state index contributed by atoms with van der Waals surface area (Å²) >= 11 is 0. The molecule has 3 rings (SSSR count). The highest BCUT2D eigenvalue weighted by Crippen LogP contribution is 2.47. The molecule has 0 amide bonds. The number of anilines is 3. The molecule has 1 aliphatic rings. The number of nitriles is 2. The molecule has 2 aromatic rings. The van der Waals surface area contributed by atoms with Gasteiger partial charge in [0.2, 0.25) is 0 Å². The molecule has 0 fully saturated rings. The van der Waals surface area contributed by atoms with E-state index in [1.807, 2.05) is 19.2 Å². The average Bonchev–Trinajstić information content (AvgIpc) is 2.83. The molecule has 25 heavy (non-hydrogen) atoms. The lowest BCUT2D eigenvalue weighted by Crippen LogP contribution is -2.36. The van der Waals surface area contributed by atoms with Crippen molar-refractivity contribution in [3.63, 3.8) is 0 Å². The predicted octanol–water partition coefficient (Wildman–Crippen LogP) is 4.60. The average molecular weight is 330 g/mol. The third-order valence-electron chi connectivity index (χ3n) is 5.50. The Balaban J connectivity index is 2.33. The quantitative estimate of drug-likeness (QED) is 0.767. The highest BCUT2D eigenvalue weighted by atomic mass is 15.4. The molecule has 1 aliphatic heterocycles. The normalized spacial score (nSPS) is 15.8. The molecular weight excluding hydrogens is 308 g/mol. The first-order valence-corrected chi connectivity index (χ1v) is 8.39. The molecule has 0 aromatic heterocycles. The van der Waals surface area contributed by atoms with Crippen LogP contribution >= 0.6 is 0 Å². The van der Waals surface area contributed by atoms with Gasteiger partial charge in [0.15, 0.2) is 0 Å². The molecule has 1 heterocycles. The van der Waals surface area contributed by atoms with E-state index in [0.717, 1.165) is 11.4 Å². The standard InChI is InChI=1S/C21H22N4/c1-12-7-13(2)15(4)21(14(12)3)25-16(5)24(6)19-8-17(10-22)18(11-23)9-20(19)25/h7-9,16H,1-6H3/t16-/m0/s1. The van der Waals surface area contributed by atoms with Crippen molar-refractivity contribution in [1.29, 1.82) is 10.5 Å². The minimum Gasteiger partial charge on any atom is -0.352 e. The van der Waals surface area contributed by atoms with Crippen molar-refractivity contribution in [2.45, 2.75) is 40.8 Å². The molecule has 0 spiro atoms. The lowest BCUT2D eigenvalue weighted by Gasteiger charge is -2.31. The van der Waals surface area contributed by atoms with Crippen molar-refractivity contribution in [3.05, 3.63) is 51.6 Å². The smallest absolute Gasteiger partial charge is 0.103 e. The van der Waals surface area contributed by atoms with Crippen LogP contribution < -0.4 is 9.80 Å². The van der Waals surface area contributed by atoms with Gasteiger partial charge in [-0.1, -0.05) is 6.07 Å². The Kier molecular flexibility index (Phi) is 3.93. The van der Waals surface area contributed by atoms with Crippen LogP contribution in [-0.2, 0) is 0 Å². The van der Waals surface area contributed by atoms with E-state index in [9.17, 15) is 10.5 Å². The summed E-state index contributed by atoms with van der Waals surface area (Å²) < 4.78 is 0.